The molecule has 0 saturated carbocycles. The first-order valence-corrected chi connectivity index (χ1v) is 10.7. The first-order chi connectivity index (χ1) is 14.7. The molecule has 0 amide bonds. The maximum Gasteiger partial charge on any atom is 0.194 e. The van der Waals surface area contributed by atoms with Gasteiger partial charge in [0.2, 0.25) is 0 Å². The molecule has 0 radical (unpaired) electrons. The van der Waals surface area contributed by atoms with Crippen molar-refractivity contribution in [3.05, 3.63) is 107 Å². The van der Waals surface area contributed by atoms with Crippen LogP contribution in [0.2, 0.25) is 0 Å². The molecule has 1 aliphatic carbocycles. The second kappa shape index (κ2) is 7.42. The van der Waals surface area contributed by atoms with Gasteiger partial charge in [0.05, 0.1) is 0 Å². The van der Waals surface area contributed by atoms with Crippen LogP contribution in [0.3, 0.4) is 0 Å². The minimum absolute atomic E-state index is 0.131. The Balaban J connectivity index is 1.60. The summed E-state index contributed by atoms with van der Waals surface area (Å²) in [7, 11) is 0. The van der Waals surface area contributed by atoms with Crippen LogP contribution in [-0.4, -0.2) is 5.78 Å². The molecule has 0 spiro atoms. The van der Waals surface area contributed by atoms with E-state index in [1.165, 1.54) is 22.3 Å². The Bertz CT molecular complexity index is 1180. The van der Waals surface area contributed by atoms with E-state index in [9.17, 15) is 4.79 Å². The van der Waals surface area contributed by atoms with Gasteiger partial charge in [0.1, 0.15) is 0 Å². The van der Waals surface area contributed by atoms with Crippen LogP contribution in [0.4, 0.5) is 0 Å². The van der Waals surface area contributed by atoms with Crippen molar-refractivity contribution in [2.24, 2.45) is 0 Å². The predicted octanol–water partition coefficient (Wildman–Crippen LogP) is 7.36. The molecule has 1 aliphatic rings. The number of hydrogen-bond donors (Lipinski definition) is 0. The Kier molecular flexibility index (Phi) is 4.59. The first-order valence-electron chi connectivity index (χ1n) is 10.7. The lowest BCUT2D eigenvalue weighted by molar-refractivity contribution is 0.104. The SMILES string of the molecule is CCc1ccccc1-c1ccc2c(c1)C(=O)c1cc(-c3ccccc3CC)ccc1-2. The quantitative estimate of drug-likeness (QED) is 0.314. The third-order valence-electron chi connectivity index (χ3n) is 6.24. The fourth-order valence-corrected chi connectivity index (χ4v) is 4.63. The summed E-state index contributed by atoms with van der Waals surface area (Å²) < 4.78 is 0. The molecule has 1 heteroatoms. The highest BCUT2D eigenvalue weighted by Gasteiger charge is 2.27. The third kappa shape index (κ3) is 2.90. The molecular formula is C29H24O. The third-order valence-corrected chi connectivity index (χ3v) is 6.24. The predicted molar refractivity (Wildman–Crippen MR) is 125 cm³/mol. The summed E-state index contributed by atoms with van der Waals surface area (Å²) in [4.78, 5) is 13.4. The van der Waals surface area contributed by atoms with E-state index in [1.807, 2.05) is 0 Å². The maximum absolute atomic E-state index is 13.4. The van der Waals surface area contributed by atoms with Gasteiger partial charge < -0.3 is 0 Å². The van der Waals surface area contributed by atoms with Gasteiger partial charge in [-0.05, 0) is 69.5 Å². The van der Waals surface area contributed by atoms with Crippen LogP contribution in [0.1, 0.15) is 40.9 Å². The van der Waals surface area contributed by atoms with Crippen molar-refractivity contribution in [1.29, 1.82) is 0 Å². The molecule has 0 heterocycles. The van der Waals surface area contributed by atoms with Crippen molar-refractivity contribution in [2.45, 2.75) is 26.7 Å². The van der Waals surface area contributed by atoms with E-state index in [2.05, 4.69) is 98.8 Å². The highest BCUT2D eigenvalue weighted by Crippen LogP contribution is 2.41. The minimum Gasteiger partial charge on any atom is -0.289 e. The normalized spacial score (nSPS) is 12.0. The Labute approximate surface area is 178 Å². The summed E-state index contributed by atoms with van der Waals surface area (Å²) in [5, 5.41) is 0. The van der Waals surface area contributed by atoms with Gasteiger partial charge in [-0.2, -0.15) is 0 Å². The lowest BCUT2D eigenvalue weighted by Gasteiger charge is -2.10. The van der Waals surface area contributed by atoms with Crippen LogP contribution in [-0.2, 0) is 12.8 Å². The number of rotatable bonds is 4. The van der Waals surface area contributed by atoms with Crippen LogP contribution >= 0.6 is 0 Å². The number of carbonyl (C=O) groups excluding carboxylic acids is 1. The smallest absolute Gasteiger partial charge is 0.194 e. The Morgan fingerprint density at radius 2 is 0.933 bits per heavy atom. The lowest BCUT2D eigenvalue weighted by Crippen LogP contribution is -1.97. The Morgan fingerprint density at radius 3 is 1.37 bits per heavy atom. The van der Waals surface area contributed by atoms with Crippen LogP contribution in [0.5, 0.6) is 0 Å². The summed E-state index contributed by atoms with van der Waals surface area (Å²) in [6, 6.07) is 29.6. The molecule has 0 unspecified atom stereocenters. The van der Waals surface area contributed by atoms with Crippen molar-refractivity contribution in [3.8, 4) is 33.4 Å². The average Bonchev–Trinajstić information content (AvgIpc) is 3.10. The molecule has 30 heavy (non-hydrogen) atoms. The topological polar surface area (TPSA) is 17.1 Å². The van der Waals surface area contributed by atoms with E-state index in [4.69, 9.17) is 0 Å². The van der Waals surface area contributed by atoms with Gasteiger partial charge in [-0.25, -0.2) is 0 Å². The molecule has 146 valence electrons. The molecule has 0 aliphatic heterocycles. The van der Waals surface area contributed by atoms with Gasteiger partial charge in [0.25, 0.3) is 0 Å². The van der Waals surface area contributed by atoms with Gasteiger partial charge in [-0.15, -0.1) is 0 Å². The maximum atomic E-state index is 13.4. The minimum atomic E-state index is 0.131. The fourth-order valence-electron chi connectivity index (χ4n) is 4.63. The molecule has 5 rings (SSSR count). The molecule has 4 aromatic carbocycles. The van der Waals surface area contributed by atoms with Gasteiger partial charge in [0.15, 0.2) is 5.78 Å². The van der Waals surface area contributed by atoms with E-state index in [1.54, 1.807) is 0 Å². The fraction of sp³-hybridized carbons (Fsp3) is 0.138. The summed E-state index contributed by atoms with van der Waals surface area (Å²) in [5.41, 5.74) is 11.0. The van der Waals surface area contributed by atoms with Crippen molar-refractivity contribution in [2.75, 3.05) is 0 Å². The van der Waals surface area contributed by atoms with Crippen molar-refractivity contribution < 1.29 is 4.79 Å². The second-order valence-electron chi connectivity index (χ2n) is 7.87. The van der Waals surface area contributed by atoms with E-state index >= 15 is 0 Å². The number of fused-ring (bicyclic) bond motifs is 3. The van der Waals surface area contributed by atoms with Gasteiger partial charge >= 0.3 is 0 Å². The molecule has 0 N–H and O–H groups in total. The van der Waals surface area contributed by atoms with Crippen LogP contribution in [0, 0.1) is 0 Å². The summed E-state index contributed by atoms with van der Waals surface area (Å²) >= 11 is 0. The molecule has 1 nitrogen and oxygen atoms in total. The number of ketones is 1. The van der Waals surface area contributed by atoms with E-state index in [-0.39, 0.29) is 5.78 Å². The zero-order valence-electron chi connectivity index (χ0n) is 17.4. The standard InChI is InChI=1S/C29H24O/c1-3-19-9-5-7-11-23(19)21-13-15-25-26-16-14-22(18-28(26)29(30)27(25)17-21)24-12-8-6-10-20(24)4-2/h5-18H,3-4H2,1-2H3. The van der Waals surface area contributed by atoms with Crippen molar-refractivity contribution >= 4 is 5.78 Å². The lowest BCUT2D eigenvalue weighted by atomic mass is 9.94. The van der Waals surface area contributed by atoms with Crippen molar-refractivity contribution in [1.82, 2.24) is 0 Å². The number of hydrogen-bond acceptors (Lipinski definition) is 1. The van der Waals surface area contributed by atoms with Crippen LogP contribution in [0.15, 0.2) is 84.9 Å². The van der Waals surface area contributed by atoms with Crippen LogP contribution < -0.4 is 0 Å². The van der Waals surface area contributed by atoms with Crippen molar-refractivity contribution in [3.63, 3.8) is 0 Å². The Morgan fingerprint density at radius 1 is 0.500 bits per heavy atom. The summed E-state index contributed by atoms with van der Waals surface area (Å²) in [6.45, 7) is 4.34. The monoisotopic (exact) mass is 388 g/mol. The van der Waals surface area contributed by atoms with E-state index < -0.39 is 0 Å². The highest BCUT2D eigenvalue weighted by molar-refractivity contribution is 6.22. The van der Waals surface area contributed by atoms with E-state index in [0.717, 1.165) is 46.2 Å². The average molecular weight is 389 g/mol. The summed E-state index contributed by atoms with van der Waals surface area (Å²) in [6.07, 6.45) is 1.95. The zero-order valence-corrected chi connectivity index (χ0v) is 17.4. The largest absolute Gasteiger partial charge is 0.289 e. The molecule has 0 atom stereocenters. The number of carbonyl (C=O) groups is 1. The molecule has 0 saturated heterocycles. The Hall–Kier alpha value is -3.45. The zero-order chi connectivity index (χ0) is 20.7. The molecule has 0 bridgehead atoms. The second-order valence-corrected chi connectivity index (χ2v) is 7.87. The first kappa shape index (κ1) is 18.6. The number of aryl methyl sites for hydroxylation is 2. The number of benzene rings is 4. The molecule has 0 aromatic heterocycles. The van der Waals surface area contributed by atoms with Gasteiger partial charge in [-0.3, -0.25) is 4.79 Å². The van der Waals surface area contributed by atoms with E-state index in [0.29, 0.717) is 0 Å². The van der Waals surface area contributed by atoms with Crippen LogP contribution in [0.25, 0.3) is 33.4 Å². The molecule has 0 fully saturated rings. The molecular weight excluding hydrogens is 364 g/mol. The summed E-state index contributed by atoms with van der Waals surface area (Å²) in [5.74, 6) is 0.131. The van der Waals surface area contributed by atoms with Gasteiger partial charge in [-0.1, -0.05) is 86.6 Å². The highest BCUT2D eigenvalue weighted by atomic mass is 16.1. The van der Waals surface area contributed by atoms with Gasteiger partial charge in [0, 0.05) is 11.1 Å². The molecule has 4 aromatic rings.